The van der Waals surface area contributed by atoms with E-state index in [2.05, 4.69) is 10.3 Å². The Labute approximate surface area is 174 Å². The minimum atomic E-state index is -4.76. The van der Waals surface area contributed by atoms with Crippen LogP contribution in [0.1, 0.15) is 35.3 Å². The van der Waals surface area contributed by atoms with Crippen LogP contribution in [0.2, 0.25) is 0 Å². The zero-order valence-electron chi connectivity index (χ0n) is 16.5. The zero-order chi connectivity index (χ0) is 23.0. The number of rotatable bonds is 5. The quantitative estimate of drug-likeness (QED) is 0.694. The Morgan fingerprint density at radius 1 is 1.29 bits per heavy atom. The van der Waals surface area contributed by atoms with Crippen molar-refractivity contribution in [1.29, 1.82) is 0 Å². The van der Waals surface area contributed by atoms with E-state index in [4.69, 9.17) is 15.2 Å². The number of amides is 2. The highest BCUT2D eigenvalue weighted by Gasteiger charge is 2.61. The normalized spacial score (nSPS) is 23.4. The van der Waals surface area contributed by atoms with Crippen LogP contribution in [0.3, 0.4) is 0 Å². The molecule has 1 aromatic carbocycles. The van der Waals surface area contributed by atoms with Gasteiger partial charge in [0.1, 0.15) is 23.4 Å². The molecular formula is C20H19F4N3O4. The maximum Gasteiger partial charge on any atom is 0.417 e. The van der Waals surface area contributed by atoms with E-state index in [0.29, 0.717) is 0 Å². The van der Waals surface area contributed by atoms with Crippen molar-refractivity contribution >= 4 is 17.5 Å². The number of methoxy groups -OCH3 is 1. The summed E-state index contributed by atoms with van der Waals surface area (Å²) in [7, 11) is 1.24. The van der Waals surface area contributed by atoms with E-state index in [0.717, 1.165) is 19.1 Å². The molecular weight excluding hydrogens is 422 g/mol. The van der Waals surface area contributed by atoms with E-state index in [1.807, 2.05) is 0 Å². The van der Waals surface area contributed by atoms with Gasteiger partial charge in [0, 0.05) is 29.4 Å². The summed E-state index contributed by atoms with van der Waals surface area (Å²) in [6.45, 7) is 0.848. The second-order valence-electron chi connectivity index (χ2n) is 7.25. The molecule has 11 heteroatoms. The standard InChI is InChI=1S/C20H19F4N3O4/c1-19(20(22,23)24)9-13(12-4-3-10(21)7-15(12)30-2)16(31-19)18(29)27-11-5-6-26-14(8-11)17(25)28/h3-8,13,16H,9H2,1-2H3,(H2,25,28)(H,26,27,29)/t13-,16-,19-/m1/s1. The molecule has 0 spiro atoms. The molecule has 1 fully saturated rings. The number of aromatic nitrogens is 1. The number of nitrogens with zero attached hydrogens (tertiary/aromatic N) is 1. The van der Waals surface area contributed by atoms with Crippen molar-refractivity contribution < 1.29 is 36.6 Å². The maximum atomic E-state index is 13.7. The van der Waals surface area contributed by atoms with Crippen molar-refractivity contribution in [1.82, 2.24) is 4.98 Å². The first-order valence-corrected chi connectivity index (χ1v) is 9.10. The molecule has 0 saturated carbocycles. The van der Waals surface area contributed by atoms with Crippen LogP contribution in [-0.4, -0.2) is 41.8 Å². The molecule has 7 nitrogen and oxygen atoms in total. The molecule has 166 valence electrons. The molecule has 0 aliphatic carbocycles. The highest BCUT2D eigenvalue weighted by molar-refractivity contribution is 5.97. The molecule has 2 heterocycles. The van der Waals surface area contributed by atoms with Crippen LogP contribution in [0.5, 0.6) is 5.75 Å². The molecule has 3 atom stereocenters. The van der Waals surface area contributed by atoms with Crippen LogP contribution < -0.4 is 15.8 Å². The Morgan fingerprint density at radius 3 is 2.61 bits per heavy atom. The third-order valence-corrected chi connectivity index (χ3v) is 5.09. The molecule has 0 unspecified atom stereocenters. The first-order chi connectivity index (χ1) is 14.4. The number of carbonyl (C=O) groups is 2. The van der Waals surface area contributed by atoms with Crippen LogP contribution in [0, 0.1) is 5.82 Å². The minimum absolute atomic E-state index is 0.00208. The summed E-state index contributed by atoms with van der Waals surface area (Å²) in [6, 6.07) is 5.89. The summed E-state index contributed by atoms with van der Waals surface area (Å²) in [5.74, 6) is -3.45. The van der Waals surface area contributed by atoms with Gasteiger partial charge in [-0.3, -0.25) is 14.6 Å². The van der Waals surface area contributed by atoms with Crippen molar-refractivity contribution in [3.63, 3.8) is 0 Å². The Hall–Kier alpha value is -3.21. The molecule has 31 heavy (non-hydrogen) atoms. The molecule has 2 aromatic rings. The highest BCUT2D eigenvalue weighted by Crippen LogP contribution is 2.51. The van der Waals surface area contributed by atoms with Crippen LogP contribution >= 0.6 is 0 Å². The van der Waals surface area contributed by atoms with E-state index >= 15 is 0 Å². The topological polar surface area (TPSA) is 104 Å². The van der Waals surface area contributed by atoms with E-state index in [1.165, 1.54) is 31.5 Å². The average molecular weight is 441 g/mol. The molecule has 0 bridgehead atoms. The number of halogens is 4. The summed E-state index contributed by atoms with van der Waals surface area (Å²) in [4.78, 5) is 27.9. The van der Waals surface area contributed by atoms with Crippen LogP contribution in [0.25, 0.3) is 0 Å². The Morgan fingerprint density at radius 2 is 2.00 bits per heavy atom. The lowest BCUT2D eigenvalue weighted by Gasteiger charge is -2.27. The van der Waals surface area contributed by atoms with Gasteiger partial charge in [-0.1, -0.05) is 6.07 Å². The van der Waals surface area contributed by atoms with Crippen molar-refractivity contribution in [2.75, 3.05) is 12.4 Å². The van der Waals surface area contributed by atoms with Gasteiger partial charge in [-0.05, 0) is 31.5 Å². The number of alkyl halides is 3. The second-order valence-corrected chi connectivity index (χ2v) is 7.25. The predicted octanol–water partition coefficient (Wildman–Crippen LogP) is 3.16. The molecule has 3 N–H and O–H groups in total. The van der Waals surface area contributed by atoms with Gasteiger partial charge >= 0.3 is 6.18 Å². The smallest absolute Gasteiger partial charge is 0.417 e. The summed E-state index contributed by atoms with van der Waals surface area (Å²) in [5.41, 5.74) is 2.70. The first kappa shape index (κ1) is 22.5. The van der Waals surface area contributed by atoms with Gasteiger partial charge < -0.3 is 20.5 Å². The minimum Gasteiger partial charge on any atom is -0.496 e. The number of benzene rings is 1. The largest absolute Gasteiger partial charge is 0.496 e. The zero-order valence-corrected chi connectivity index (χ0v) is 16.5. The van der Waals surface area contributed by atoms with Crippen LogP contribution in [0.15, 0.2) is 36.5 Å². The molecule has 1 aliphatic rings. The van der Waals surface area contributed by atoms with Crippen LogP contribution in [-0.2, 0) is 9.53 Å². The lowest BCUT2D eigenvalue weighted by atomic mass is 9.86. The number of nitrogens with one attached hydrogen (secondary N) is 1. The summed E-state index contributed by atoms with van der Waals surface area (Å²) in [5, 5.41) is 2.42. The van der Waals surface area contributed by atoms with Crippen molar-refractivity contribution in [2.24, 2.45) is 5.73 Å². The third-order valence-electron chi connectivity index (χ3n) is 5.09. The average Bonchev–Trinajstić information content (AvgIpc) is 3.07. The third kappa shape index (κ3) is 4.46. The molecule has 0 radical (unpaired) electrons. The van der Waals surface area contributed by atoms with Gasteiger partial charge in [0.25, 0.3) is 11.8 Å². The summed E-state index contributed by atoms with van der Waals surface area (Å²) < 4.78 is 65.0. The lowest BCUT2D eigenvalue weighted by molar-refractivity contribution is -0.261. The lowest BCUT2D eigenvalue weighted by Crippen LogP contribution is -2.43. The number of ether oxygens (including phenoxy) is 2. The van der Waals surface area contributed by atoms with E-state index in [-0.39, 0.29) is 22.7 Å². The van der Waals surface area contributed by atoms with Gasteiger partial charge in [-0.25, -0.2) is 4.39 Å². The monoisotopic (exact) mass is 441 g/mol. The van der Waals surface area contributed by atoms with Gasteiger partial charge in [0.2, 0.25) is 0 Å². The van der Waals surface area contributed by atoms with Crippen LogP contribution in [0.4, 0.5) is 23.2 Å². The Kier molecular flexibility index (Phi) is 5.90. The fraction of sp³-hybridized carbons (Fsp3) is 0.350. The number of carbonyl (C=O) groups excluding carboxylic acids is 2. The fourth-order valence-corrected chi connectivity index (χ4v) is 3.48. The van der Waals surface area contributed by atoms with Gasteiger partial charge in [-0.15, -0.1) is 0 Å². The fourth-order valence-electron chi connectivity index (χ4n) is 3.48. The molecule has 1 saturated heterocycles. The summed E-state index contributed by atoms with van der Waals surface area (Å²) >= 11 is 0. The van der Waals surface area contributed by atoms with E-state index < -0.39 is 47.9 Å². The van der Waals surface area contributed by atoms with Crippen molar-refractivity contribution in [2.45, 2.75) is 37.1 Å². The SMILES string of the molecule is COc1cc(F)ccc1[C@H]1C[C@](C)(C(F)(F)F)O[C@H]1C(=O)Nc1ccnc(C(N)=O)c1. The highest BCUT2D eigenvalue weighted by atomic mass is 19.4. The maximum absolute atomic E-state index is 13.7. The molecule has 2 amide bonds. The number of anilines is 1. The van der Waals surface area contributed by atoms with E-state index in [9.17, 15) is 27.2 Å². The second kappa shape index (κ2) is 8.14. The van der Waals surface area contributed by atoms with Crippen molar-refractivity contribution in [3.8, 4) is 5.75 Å². The van der Waals surface area contributed by atoms with Gasteiger partial charge in [0.15, 0.2) is 5.60 Å². The molecule has 1 aromatic heterocycles. The van der Waals surface area contributed by atoms with Gasteiger partial charge in [-0.2, -0.15) is 13.2 Å². The van der Waals surface area contributed by atoms with E-state index in [1.54, 1.807) is 0 Å². The Bertz CT molecular complexity index is 1010. The molecule has 3 rings (SSSR count). The first-order valence-electron chi connectivity index (χ1n) is 9.10. The Balaban J connectivity index is 1.97. The summed E-state index contributed by atoms with van der Waals surface area (Å²) in [6.07, 6.45) is -5.70. The number of nitrogens with two attached hydrogens (primary N) is 1. The number of hydrogen-bond donors (Lipinski definition) is 2. The van der Waals surface area contributed by atoms with Crippen molar-refractivity contribution in [3.05, 3.63) is 53.6 Å². The number of hydrogen-bond acceptors (Lipinski definition) is 5. The predicted molar refractivity (Wildman–Crippen MR) is 101 cm³/mol. The van der Waals surface area contributed by atoms with Gasteiger partial charge in [0.05, 0.1) is 7.11 Å². The number of primary amides is 1. The number of pyridine rings is 1. The molecule has 1 aliphatic heterocycles.